The van der Waals surface area contributed by atoms with E-state index in [1.165, 1.54) is 11.1 Å². The summed E-state index contributed by atoms with van der Waals surface area (Å²) in [6.45, 7) is 8.83. The number of nitrogens with zero attached hydrogens (tertiary/aromatic N) is 3. The predicted octanol–water partition coefficient (Wildman–Crippen LogP) is 3.96. The zero-order valence-electron chi connectivity index (χ0n) is 16.9. The first-order valence-corrected chi connectivity index (χ1v) is 10.1. The van der Waals surface area contributed by atoms with Crippen molar-refractivity contribution in [3.8, 4) is 6.07 Å². The Balaban J connectivity index is 1.42. The van der Waals surface area contributed by atoms with Crippen LogP contribution in [0.2, 0.25) is 0 Å². The van der Waals surface area contributed by atoms with Gasteiger partial charge in [-0.3, -0.25) is 9.69 Å². The second kappa shape index (κ2) is 9.52. The van der Waals surface area contributed by atoms with E-state index in [0.29, 0.717) is 17.9 Å². The van der Waals surface area contributed by atoms with Crippen molar-refractivity contribution >= 4 is 5.91 Å². The highest BCUT2D eigenvalue weighted by atomic mass is 16.2. The molecular formula is C24H29N3O. The molecule has 0 bridgehead atoms. The number of benzene rings is 2. The number of piperazine rings is 1. The van der Waals surface area contributed by atoms with E-state index in [2.05, 4.69) is 49.1 Å². The lowest BCUT2D eigenvalue weighted by Crippen LogP contribution is -2.48. The van der Waals surface area contributed by atoms with Crippen LogP contribution < -0.4 is 0 Å². The first-order valence-electron chi connectivity index (χ1n) is 10.1. The zero-order chi connectivity index (χ0) is 19.9. The molecule has 2 aromatic rings. The van der Waals surface area contributed by atoms with Gasteiger partial charge < -0.3 is 4.90 Å². The Hall–Kier alpha value is -2.64. The van der Waals surface area contributed by atoms with Crippen LogP contribution in [-0.2, 0) is 17.8 Å². The van der Waals surface area contributed by atoms with Gasteiger partial charge in [0.25, 0.3) is 0 Å². The van der Waals surface area contributed by atoms with Gasteiger partial charge in [0.15, 0.2) is 0 Å². The Labute approximate surface area is 168 Å². The molecular weight excluding hydrogens is 346 g/mol. The Bertz CT molecular complexity index is 810. The molecule has 4 nitrogen and oxygen atoms in total. The van der Waals surface area contributed by atoms with E-state index in [0.717, 1.165) is 44.7 Å². The van der Waals surface area contributed by atoms with Gasteiger partial charge in [-0.25, -0.2) is 0 Å². The molecule has 28 heavy (non-hydrogen) atoms. The monoisotopic (exact) mass is 375 g/mol. The molecule has 0 N–H and O–H groups in total. The lowest BCUT2D eigenvalue weighted by molar-refractivity contribution is -0.133. The summed E-state index contributed by atoms with van der Waals surface area (Å²) in [4.78, 5) is 16.9. The van der Waals surface area contributed by atoms with Crippen molar-refractivity contribution in [1.82, 2.24) is 9.80 Å². The van der Waals surface area contributed by atoms with Gasteiger partial charge in [-0.15, -0.1) is 0 Å². The van der Waals surface area contributed by atoms with Gasteiger partial charge in [-0.2, -0.15) is 5.26 Å². The van der Waals surface area contributed by atoms with Gasteiger partial charge in [0, 0.05) is 39.1 Å². The maximum atomic E-state index is 12.5. The van der Waals surface area contributed by atoms with Crippen molar-refractivity contribution in [1.29, 1.82) is 5.26 Å². The molecule has 1 fully saturated rings. The molecule has 0 aliphatic carbocycles. The fraction of sp³-hybridized carbons (Fsp3) is 0.417. The molecule has 1 amide bonds. The van der Waals surface area contributed by atoms with Crippen LogP contribution in [0.1, 0.15) is 48.4 Å². The van der Waals surface area contributed by atoms with Crippen LogP contribution in [0.3, 0.4) is 0 Å². The molecule has 1 aliphatic rings. The maximum absolute atomic E-state index is 12.5. The molecule has 0 radical (unpaired) electrons. The van der Waals surface area contributed by atoms with Crippen LogP contribution in [-0.4, -0.2) is 41.9 Å². The summed E-state index contributed by atoms with van der Waals surface area (Å²) in [5, 5.41) is 8.85. The van der Waals surface area contributed by atoms with Crippen molar-refractivity contribution in [3.05, 3.63) is 70.8 Å². The van der Waals surface area contributed by atoms with E-state index in [-0.39, 0.29) is 5.91 Å². The minimum absolute atomic E-state index is 0.227. The number of aryl methyl sites for hydroxylation is 1. The van der Waals surface area contributed by atoms with Crippen molar-refractivity contribution in [2.24, 2.45) is 0 Å². The number of hydrogen-bond acceptors (Lipinski definition) is 3. The summed E-state index contributed by atoms with van der Waals surface area (Å²) in [7, 11) is 0. The SMILES string of the molecule is CC(C)c1ccc(CN2CCN(C(=O)CCc3ccc(C#N)cc3)CC2)cc1. The molecule has 1 aliphatic heterocycles. The van der Waals surface area contributed by atoms with E-state index >= 15 is 0 Å². The summed E-state index contributed by atoms with van der Waals surface area (Å²) in [6.07, 6.45) is 1.26. The molecule has 0 spiro atoms. The molecule has 1 heterocycles. The molecule has 3 rings (SSSR count). The third kappa shape index (κ3) is 5.43. The average Bonchev–Trinajstić information content (AvgIpc) is 2.73. The summed E-state index contributed by atoms with van der Waals surface area (Å²) in [5.41, 5.74) is 4.48. The minimum atomic E-state index is 0.227. The number of hydrogen-bond donors (Lipinski definition) is 0. The third-order valence-electron chi connectivity index (χ3n) is 5.49. The fourth-order valence-electron chi connectivity index (χ4n) is 3.58. The summed E-state index contributed by atoms with van der Waals surface area (Å²) in [5.74, 6) is 0.790. The van der Waals surface area contributed by atoms with Crippen molar-refractivity contribution in [2.75, 3.05) is 26.2 Å². The highest BCUT2D eigenvalue weighted by Gasteiger charge is 2.20. The van der Waals surface area contributed by atoms with Gasteiger partial charge >= 0.3 is 0 Å². The van der Waals surface area contributed by atoms with Crippen LogP contribution in [0, 0.1) is 11.3 Å². The standard InChI is InChI=1S/C24H29N3O/c1-19(2)23-10-7-22(8-11-23)18-26-13-15-27(16-14-26)24(28)12-9-20-3-5-21(17-25)6-4-20/h3-8,10-11,19H,9,12-16,18H2,1-2H3. The Morgan fingerprint density at radius 1 is 0.964 bits per heavy atom. The van der Waals surface area contributed by atoms with E-state index in [1.807, 2.05) is 29.2 Å². The highest BCUT2D eigenvalue weighted by Crippen LogP contribution is 2.16. The number of rotatable bonds is 6. The van der Waals surface area contributed by atoms with E-state index in [4.69, 9.17) is 5.26 Å². The van der Waals surface area contributed by atoms with E-state index < -0.39 is 0 Å². The summed E-state index contributed by atoms with van der Waals surface area (Å²) < 4.78 is 0. The Morgan fingerprint density at radius 2 is 1.57 bits per heavy atom. The first kappa shape index (κ1) is 20.1. The van der Waals surface area contributed by atoms with Crippen LogP contribution >= 0.6 is 0 Å². The van der Waals surface area contributed by atoms with E-state index in [9.17, 15) is 4.79 Å². The minimum Gasteiger partial charge on any atom is -0.340 e. The second-order valence-corrected chi connectivity index (χ2v) is 7.86. The molecule has 0 saturated carbocycles. The summed E-state index contributed by atoms with van der Waals surface area (Å²) >= 11 is 0. The van der Waals surface area contributed by atoms with Crippen LogP contribution in [0.5, 0.6) is 0 Å². The Kier molecular flexibility index (Phi) is 6.84. The quantitative estimate of drug-likeness (QED) is 0.768. The highest BCUT2D eigenvalue weighted by molar-refractivity contribution is 5.76. The number of carbonyl (C=O) groups is 1. The number of carbonyl (C=O) groups excluding carboxylic acids is 1. The largest absolute Gasteiger partial charge is 0.340 e. The normalized spacial score (nSPS) is 14.9. The van der Waals surface area contributed by atoms with Crippen molar-refractivity contribution in [3.63, 3.8) is 0 Å². The molecule has 0 atom stereocenters. The third-order valence-corrected chi connectivity index (χ3v) is 5.49. The van der Waals surface area contributed by atoms with Gasteiger partial charge in [0.1, 0.15) is 0 Å². The smallest absolute Gasteiger partial charge is 0.222 e. The Morgan fingerprint density at radius 3 is 2.14 bits per heavy atom. The van der Waals surface area contributed by atoms with Crippen LogP contribution in [0.4, 0.5) is 0 Å². The second-order valence-electron chi connectivity index (χ2n) is 7.86. The zero-order valence-corrected chi connectivity index (χ0v) is 16.9. The van der Waals surface area contributed by atoms with Crippen LogP contribution in [0.25, 0.3) is 0 Å². The molecule has 0 aromatic heterocycles. The predicted molar refractivity (Wildman–Crippen MR) is 112 cm³/mol. The van der Waals surface area contributed by atoms with Gasteiger partial charge in [-0.1, -0.05) is 50.2 Å². The number of nitriles is 1. The topological polar surface area (TPSA) is 47.3 Å². The molecule has 0 unspecified atom stereocenters. The molecule has 1 saturated heterocycles. The molecule has 2 aromatic carbocycles. The van der Waals surface area contributed by atoms with E-state index in [1.54, 1.807) is 0 Å². The van der Waals surface area contributed by atoms with Crippen LogP contribution in [0.15, 0.2) is 48.5 Å². The first-order chi connectivity index (χ1) is 13.5. The van der Waals surface area contributed by atoms with Crippen molar-refractivity contribution < 1.29 is 4.79 Å². The summed E-state index contributed by atoms with van der Waals surface area (Å²) in [6, 6.07) is 18.5. The van der Waals surface area contributed by atoms with Gasteiger partial charge in [0.05, 0.1) is 11.6 Å². The average molecular weight is 376 g/mol. The van der Waals surface area contributed by atoms with Crippen molar-refractivity contribution in [2.45, 2.75) is 39.2 Å². The lowest BCUT2D eigenvalue weighted by atomic mass is 10.0. The fourth-order valence-corrected chi connectivity index (χ4v) is 3.58. The maximum Gasteiger partial charge on any atom is 0.222 e. The van der Waals surface area contributed by atoms with Gasteiger partial charge in [-0.05, 0) is 41.2 Å². The number of amides is 1. The van der Waals surface area contributed by atoms with Gasteiger partial charge in [0.2, 0.25) is 5.91 Å². The molecule has 146 valence electrons. The lowest BCUT2D eigenvalue weighted by Gasteiger charge is -2.35. The molecule has 4 heteroatoms.